The van der Waals surface area contributed by atoms with Crippen LogP contribution in [0.2, 0.25) is 0 Å². The van der Waals surface area contributed by atoms with Crippen molar-refractivity contribution in [2.75, 3.05) is 20.2 Å². The summed E-state index contributed by atoms with van der Waals surface area (Å²) in [5.41, 5.74) is 0.368. The first-order valence-corrected chi connectivity index (χ1v) is 8.18. The minimum Gasteiger partial charge on any atom is -0.381 e. The largest absolute Gasteiger partial charge is 0.381 e. The third-order valence-corrected chi connectivity index (χ3v) is 5.55. The molecule has 1 saturated heterocycles. The van der Waals surface area contributed by atoms with Crippen molar-refractivity contribution in [2.45, 2.75) is 83.0 Å². The summed E-state index contributed by atoms with van der Waals surface area (Å²) < 4.78 is 5.63. The zero-order valence-electron chi connectivity index (χ0n) is 13.2. The van der Waals surface area contributed by atoms with Crippen molar-refractivity contribution in [3.05, 3.63) is 0 Å². The number of piperazine rings is 1. The second kappa shape index (κ2) is 6.55. The fourth-order valence-electron chi connectivity index (χ4n) is 4.08. The van der Waals surface area contributed by atoms with Gasteiger partial charge in [-0.25, -0.2) is 0 Å². The van der Waals surface area contributed by atoms with E-state index in [9.17, 15) is 0 Å². The number of ether oxygens (including phenoxy) is 1. The topological polar surface area (TPSA) is 24.5 Å². The van der Waals surface area contributed by atoms with Crippen LogP contribution in [0.1, 0.15) is 59.3 Å². The summed E-state index contributed by atoms with van der Waals surface area (Å²) in [6.07, 6.45) is 8.13. The lowest BCUT2D eigenvalue weighted by molar-refractivity contribution is -0.0430. The van der Waals surface area contributed by atoms with Crippen LogP contribution in [0.5, 0.6) is 0 Å². The first-order valence-electron chi connectivity index (χ1n) is 8.18. The van der Waals surface area contributed by atoms with Gasteiger partial charge in [0.1, 0.15) is 0 Å². The zero-order chi connectivity index (χ0) is 13.9. The average molecular weight is 268 g/mol. The Balaban J connectivity index is 2.12. The summed E-state index contributed by atoms with van der Waals surface area (Å²) in [6, 6.07) is 1.34. The predicted molar refractivity (Wildman–Crippen MR) is 80.5 cm³/mol. The van der Waals surface area contributed by atoms with Crippen LogP contribution in [0, 0.1) is 0 Å². The van der Waals surface area contributed by atoms with E-state index < -0.39 is 0 Å². The average Bonchev–Trinajstić information content (AvgIpc) is 2.47. The van der Waals surface area contributed by atoms with Crippen molar-refractivity contribution < 1.29 is 4.74 Å². The van der Waals surface area contributed by atoms with Gasteiger partial charge in [0.2, 0.25) is 0 Å². The van der Waals surface area contributed by atoms with Crippen molar-refractivity contribution in [1.82, 2.24) is 10.2 Å². The maximum Gasteiger partial charge on any atom is 0.0586 e. The van der Waals surface area contributed by atoms with Gasteiger partial charge in [-0.15, -0.1) is 0 Å². The van der Waals surface area contributed by atoms with Crippen LogP contribution < -0.4 is 5.32 Å². The van der Waals surface area contributed by atoms with Crippen molar-refractivity contribution in [1.29, 1.82) is 0 Å². The van der Waals surface area contributed by atoms with Crippen molar-refractivity contribution >= 4 is 0 Å². The van der Waals surface area contributed by atoms with Gasteiger partial charge in [-0.05, 0) is 45.4 Å². The third-order valence-electron chi connectivity index (χ3n) is 5.55. The molecule has 1 aliphatic carbocycles. The van der Waals surface area contributed by atoms with E-state index in [0.717, 1.165) is 12.6 Å². The molecule has 1 saturated carbocycles. The number of rotatable bonds is 4. The molecule has 1 heterocycles. The van der Waals surface area contributed by atoms with Crippen LogP contribution in [-0.2, 0) is 4.74 Å². The van der Waals surface area contributed by atoms with Crippen molar-refractivity contribution in [3.63, 3.8) is 0 Å². The highest BCUT2D eigenvalue weighted by Crippen LogP contribution is 2.34. The minimum absolute atomic E-state index is 0.368. The van der Waals surface area contributed by atoms with Crippen molar-refractivity contribution in [3.8, 4) is 0 Å². The van der Waals surface area contributed by atoms with E-state index in [1.807, 2.05) is 7.11 Å². The molecule has 1 N–H and O–H groups in total. The predicted octanol–water partition coefficient (Wildman–Crippen LogP) is 2.80. The highest BCUT2D eigenvalue weighted by Gasteiger charge is 2.42. The SMILES string of the molecule is CCC1(CC)CNC(C)CN1C1CCCC(OC)C1. The molecule has 0 bridgehead atoms. The summed E-state index contributed by atoms with van der Waals surface area (Å²) in [7, 11) is 1.88. The number of methoxy groups -OCH3 is 1. The van der Waals surface area contributed by atoms with Gasteiger partial charge in [0.15, 0.2) is 0 Å². The van der Waals surface area contributed by atoms with E-state index in [2.05, 4.69) is 31.0 Å². The number of nitrogens with zero attached hydrogens (tertiary/aromatic N) is 1. The fourth-order valence-corrected chi connectivity index (χ4v) is 4.08. The molecule has 0 spiro atoms. The molecule has 3 atom stereocenters. The minimum atomic E-state index is 0.368. The van der Waals surface area contributed by atoms with Gasteiger partial charge in [-0.1, -0.05) is 13.8 Å². The highest BCUT2D eigenvalue weighted by molar-refractivity contribution is 5.00. The third kappa shape index (κ3) is 3.14. The molecule has 112 valence electrons. The van der Waals surface area contributed by atoms with Crippen LogP contribution in [0.3, 0.4) is 0 Å². The molecular weight excluding hydrogens is 236 g/mol. The molecule has 2 rings (SSSR count). The van der Waals surface area contributed by atoms with Gasteiger partial charge in [0, 0.05) is 37.8 Å². The Hall–Kier alpha value is -0.120. The summed E-state index contributed by atoms with van der Waals surface area (Å²) in [4.78, 5) is 2.83. The molecule has 2 aliphatic rings. The lowest BCUT2D eigenvalue weighted by Crippen LogP contribution is -2.66. The molecule has 0 amide bonds. The number of hydrogen-bond acceptors (Lipinski definition) is 3. The molecular formula is C16H32N2O. The molecule has 3 heteroatoms. The Kier molecular flexibility index (Phi) is 5.27. The van der Waals surface area contributed by atoms with Gasteiger partial charge in [0.25, 0.3) is 0 Å². The maximum absolute atomic E-state index is 5.63. The normalized spacial score (nSPS) is 36.3. The Morgan fingerprint density at radius 2 is 2.00 bits per heavy atom. The smallest absolute Gasteiger partial charge is 0.0586 e. The molecule has 2 fully saturated rings. The summed E-state index contributed by atoms with van der Waals surface area (Å²) in [6.45, 7) is 9.37. The second-order valence-electron chi connectivity index (χ2n) is 6.54. The standard InChI is InChI=1S/C16H32N2O/c1-5-16(6-2)12-17-13(3)11-18(16)14-8-7-9-15(10-14)19-4/h13-15,17H,5-12H2,1-4H3. The van der Waals surface area contributed by atoms with Crippen LogP contribution >= 0.6 is 0 Å². The molecule has 0 radical (unpaired) electrons. The lowest BCUT2D eigenvalue weighted by atomic mass is 9.82. The van der Waals surface area contributed by atoms with E-state index in [0.29, 0.717) is 17.7 Å². The Labute approximate surface area is 119 Å². The van der Waals surface area contributed by atoms with Gasteiger partial charge >= 0.3 is 0 Å². The quantitative estimate of drug-likeness (QED) is 0.848. The summed E-state index contributed by atoms with van der Waals surface area (Å²) in [5, 5.41) is 3.70. The van der Waals surface area contributed by atoms with E-state index in [4.69, 9.17) is 4.74 Å². The van der Waals surface area contributed by atoms with Crippen LogP contribution in [0.15, 0.2) is 0 Å². The van der Waals surface area contributed by atoms with Gasteiger partial charge < -0.3 is 10.1 Å². The van der Waals surface area contributed by atoms with Crippen molar-refractivity contribution in [2.24, 2.45) is 0 Å². The molecule has 19 heavy (non-hydrogen) atoms. The number of nitrogens with one attached hydrogen (secondary N) is 1. The molecule has 0 aromatic heterocycles. The molecule has 0 aromatic carbocycles. The summed E-state index contributed by atoms with van der Waals surface area (Å²) in [5.74, 6) is 0. The Morgan fingerprint density at radius 3 is 2.63 bits per heavy atom. The highest BCUT2D eigenvalue weighted by atomic mass is 16.5. The van der Waals surface area contributed by atoms with Crippen LogP contribution in [0.4, 0.5) is 0 Å². The molecule has 1 aliphatic heterocycles. The van der Waals surface area contributed by atoms with E-state index in [-0.39, 0.29) is 0 Å². The molecule has 3 nitrogen and oxygen atoms in total. The van der Waals surface area contributed by atoms with E-state index >= 15 is 0 Å². The van der Waals surface area contributed by atoms with E-state index in [1.54, 1.807) is 0 Å². The van der Waals surface area contributed by atoms with Gasteiger partial charge in [-0.3, -0.25) is 4.90 Å². The van der Waals surface area contributed by atoms with Gasteiger partial charge in [0.05, 0.1) is 6.10 Å². The van der Waals surface area contributed by atoms with Crippen LogP contribution in [-0.4, -0.2) is 48.8 Å². The van der Waals surface area contributed by atoms with Crippen LogP contribution in [0.25, 0.3) is 0 Å². The van der Waals surface area contributed by atoms with Gasteiger partial charge in [-0.2, -0.15) is 0 Å². The van der Waals surface area contributed by atoms with E-state index in [1.165, 1.54) is 45.1 Å². The first kappa shape index (κ1) is 15.3. The molecule has 0 aromatic rings. The Morgan fingerprint density at radius 1 is 1.26 bits per heavy atom. The number of hydrogen-bond donors (Lipinski definition) is 1. The maximum atomic E-state index is 5.63. The monoisotopic (exact) mass is 268 g/mol. The second-order valence-corrected chi connectivity index (χ2v) is 6.54. The lowest BCUT2D eigenvalue weighted by Gasteiger charge is -2.54. The first-order chi connectivity index (χ1) is 9.15. The summed E-state index contributed by atoms with van der Waals surface area (Å²) >= 11 is 0. The Bertz CT molecular complexity index is 278. The fraction of sp³-hybridized carbons (Fsp3) is 1.00. The zero-order valence-corrected chi connectivity index (χ0v) is 13.2. The molecule has 3 unspecified atom stereocenters.